The fraction of sp³-hybridized carbons (Fsp3) is 0.267. The highest BCUT2D eigenvalue weighted by molar-refractivity contribution is 5.91. The third-order valence-electron chi connectivity index (χ3n) is 3.23. The lowest BCUT2D eigenvalue weighted by atomic mass is 10.1. The Morgan fingerprint density at radius 3 is 2.47 bits per heavy atom. The molecule has 0 bridgehead atoms. The van der Waals surface area contributed by atoms with E-state index in [1.54, 1.807) is 31.2 Å². The molecule has 1 amide bonds. The van der Waals surface area contributed by atoms with E-state index in [1.165, 1.54) is 6.26 Å². The minimum Gasteiger partial charge on any atom is -0.497 e. The quantitative estimate of drug-likeness (QED) is 0.847. The Morgan fingerprint density at radius 1 is 1.26 bits per heavy atom. The predicted octanol–water partition coefficient (Wildman–Crippen LogP) is 3.12. The van der Waals surface area contributed by atoms with Gasteiger partial charge in [-0.15, -0.1) is 0 Å². The van der Waals surface area contributed by atoms with E-state index < -0.39 is 0 Å². The Labute approximate surface area is 112 Å². The molecule has 1 aromatic carbocycles. The average Bonchev–Trinajstić information content (AvgIpc) is 2.99. The summed E-state index contributed by atoms with van der Waals surface area (Å²) in [5.41, 5.74) is 1.04. The van der Waals surface area contributed by atoms with Gasteiger partial charge >= 0.3 is 0 Å². The van der Waals surface area contributed by atoms with Crippen molar-refractivity contribution in [1.29, 1.82) is 0 Å². The molecule has 19 heavy (non-hydrogen) atoms. The van der Waals surface area contributed by atoms with E-state index in [0.717, 1.165) is 11.3 Å². The van der Waals surface area contributed by atoms with Crippen molar-refractivity contribution in [1.82, 2.24) is 4.90 Å². The van der Waals surface area contributed by atoms with Gasteiger partial charge in [-0.05, 0) is 36.8 Å². The van der Waals surface area contributed by atoms with Crippen molar-refractivity contribution in [2.24, 2.45) is 0 Å². The molecule has 0 aliphatic rings. The van der Waals surface area contributed by atoms with E-state index in [2.05, 4.69) is 0 Å². The number of hydrogen-bond acceptors (Lipinski definition) is 3. The summed E-state index contributed by atoms with van der Waals surface area (Å²) < 4.78 is 10.2. The molecule has 0 spiro atoms. The summed E-state index contributed by atoms with van der Waals surface area (Å²) in [6.45, 7) is 1.97. The van der Waals surface area contributed by atoms with Crippen LogP contribution in [-0.2, 0) is 0 Å². The van der Waals surface area contributed by atoms with Crippen LogP contribution in [0.2, 0.25) is 0 Å². The van der Waals surface area contributed by atoms with Crippen LogP contribution >= 0.6 is 0 Å². The van der Waals surface area contributed by atoms with Crippen LogP contribution in [0.3, 0.4) is 0 Å². The highest BCUT2D eigenvalue weighted by atomic mass is 16.5. The molecular weight excluding hydrogens is 242 g/mol. The summed E-state index contributed by atoms with van der Waals surface area (Å²) in [6.07, 6.45) is 1.50. The number of ether oxygens (including phenoxy) is 1. The van der Waals surface area contributed by atoms with Gasteiger partial charge in [-0.25, -0.2) is 0 Å². The van der Waals surface area contributed by atoms with Gasteiger partial charge in [0.1, 0.15) is 5.75 Å². The van der Waals surface area contributed by atoms with E-state index in [1.807, 2.05) is 31.2 Å². The van der Waals surface area contributed by atoms with Crippen molar-refractivity contribution in [3.8, 4) is 5.75 Å². The lowest BCUT2D eigenvalue weighted by Crippen LogP contribution is -2.29. The first-order valence-electron chi connectivity index (χ1n) is 6.08. The van der Waals surface area contributed by atoms with Gasteiger partial charge in [0, 0.05) is 7.05 Å². The van der Waals surface area contributed by atoms with Crippen molar-refractivity contribution in [3.05, 3.63) is 54.0 Å². The van der Waals surface area contributed by atoms with Crippen LogP contribution in [0.1, 0.15) is 29.1 Å². The van der Waals surface area contributed by atoms with Crippen molar-refractivity contribution >= 4 is 5.91 Å². The Hall–Kier alpha value is -2.23. The number of benzene rings is 1. The molecule has 0 aliphatic carbocycles. The lowest BCUT2D eigenvalue weighted by Gasteiger charge is -2.24. The standard InChI is InChI=1S/C15H17NO3/c1-11(12-6-8-13(18-3)9-7-12)16(2)15(17)14-5-4-10-19-14/h4-11H,1-3H3. The second kappa shape index (κ2) is 5.61. The average molecular weight is 259 g/mol. The number of carbonyl (C=O) groups is 1. The van der Waals surface area contributed by atoms with Crippen molar-refractivity contribution in [3.63, 3.8) is 0 Å². The topological polar surface area (TPSA) is 42.7 Å². The van der Waals surface area contributed by atoms with E-state index in [0.29, 0.717) is 5.76 Å². The SMILES string of the molecule is COc1ccc(C(C)N(C)C(=O)c2ccco2)cc1. The minimum atomic E-state index is -0.131. The summed E-state index contributed by atoms with van der Waals surface area (Å²) in [6, 6.07) is 11.0. The monoisotopic (exact) mass is 259 g/mol. The van der Waals surface area contributed by atoms with Crippen LogP contribution in [0, 0.1) is 0 Å². The van der Waals surface area contributed by atoms with E-state index >= 15 is 0 Å². The van der Waals surface area contributed by atoms with E-state index in [9.17, 15) is 4.79 Å². The smallest absolute Gasteiger partial charge is 0.289 e. The molecule has 100 valence electrons. The van der Waals surface area contributed by atoms with Gasteiger partial charge in [0.25, 0.3) is 5.91 Å². The molecule has 1 aromatic heterocycles. The molecule has 0 N–H and O–H groups in total. The fourth-order valence-electron chi connectivity index (χ4n) is 1.86. The van der Waals surface area contributed by atoms with E-state index in [-0.39, 0.29) is 11.9 Å². The van der Waals surface area contributed by atoms with Crippen LogP contribution in [-0.4, -0.2) is 25.0 Å². The Bertz CT molecular complexity index is 531. The maximum atomic E-state index is 12.2. The van der Waals surface area contributed by atoms with E-state index in [4.69, 9.17) is 9.15 Å². The van der Waals surface area contributed by atoms with Gasteiger partial charge in [0.05, 0.1) is 19.4 Å². The van der Waals surface area contributed by atoms with Crippen LogP contribution in [0.5, 0.6) is 5.75 Å². The molecule has 1 atom stereocenters. The number of amides is 1. The van der Waals surface area contributed by atoms with Crippen molar-refractivity contribution in [2.75, 3.05) is 14.2 Å². The third-order valence-corrected chi connectivity index (χ3v) is 3.23. The van der Waals surface area contributed by atoms with Crippen LogP contribution < -0.4 is 4.74 Å². The molecule has 0 fully saturated rings. The normalized spacial score (nSPS) is 11.9. The zero-order valence-electron chi connectivity index (χ0n) is 11.3. The number of furan rings is 1. The molecule has 4 heteroatoms. The predicted molar refractivity (Wildman–Crippen MR) is 72.2 cm³/mol. The van der Waals surface area contributed by atoms with Crippen LogP contribution in [0.25, 0.3) is 0 Å². The number of nitrogens with zero attached hydrogens (tertiary/aromatic N) is 1. The van der Waals surface area contributed by atoms with Gasteiger partial charge in [-0.1, -0.05) is 12.1 Å². The molecule has 0 saturated heterocycles. The zero-order chi connectivity index (χ0) is 13.8. The van der Waals surface area contributed by atoms with Crippen LogP contribution in [0.15, 0.2) is 47.1 Å². The summed E-state index contributed by atoms with van der Waals surface area (Å²) >= 11 is 0. The maximum absolute atomic E-state index is 12.2. The minimum absolute atomic E-state index is 0.0384. The summed E-state index contributed by atoms with van der Waals surface area (Å²) in [7, 11) is 3.39. The second-order valence-corrected chi connectivity index (χ2v) is 4.34. The number of carbonyl (C=O) groups excluding carboxylic acids is 1. The molecule has 1 heterocycles. The summed E-state index contributed by atoms with van der Waals surface area (Å²) in [5.74, 6) is 1.02. The van der Waals surface area contributed by atoms with Gasteiger partial charge < -0.3 is 14.1 Å². The molecule has 0 saturated carbocycles. The van der Waals surface area contributed by atoms with Gasteiger partial charge in [-0.2, -0.15) is 0 Å². The fourth-order valence-corrected chi connectivity index (χ4v) is 1.86. The molecule has 0 radical (unpaired) electrons. The van der Waals surface area contributed by atoms with Gasteiger partial charge in [0.15, 0.2) is 5.76 Å². The molecular formula is C15H17NO3. The van der Waals surface area contributed by atoms with Gasteiger partial charge in [-0.3, -0.25) is 4.79 Å². The zero-order valence-corrected chi connectivity index (χ0v) is 11.3. The third kappa shape index (κ3) is 2.78. The Morgan fingerprint density at radius 2 is 1.95 bits per heavy atom. The Kier molecular flexibility index (Phi) is 3.90. The molecule has 0 aliphatic heterocycles. The highest BCUT2D eigenvalue weighted by Gasteiger charge is 2.20. The molecule has 2 aromatic rings. The largest absolute Gasteiger partial charge is 0.497 e. The van der Waals surface area contributed by atoms with Crippen molar-refractivity contribution < 1.29 is 13.9 Å². The maximum Gasteiger partial charge on any atom is 0.289 e. The summed E-state index contributed by atoms with van der Waals surface area (Å²) in [4.78, 5) is 13.8. The van der Waals surface area contributed by atoms with Crippen molar-refractivity contribution in [2.45, 2.75) is 13.0 Å². The van der Waals surface area contributed by atoms with Gasteiger partial charge in [0.2, 0.25) is 0 Å². The number of methoxy groups -OCH3 is 1. The first kappa shape index (κ1) is 13.2. The lowest BCUT2D eigenvalue weighted by molar-refractivity contribution is 0.0710. The first-order valence-corrected chi connectivity index (χ1v) is 6.08. The number of rotatable bonds is 4. The first-order chi connectivity index (χ1) is 9.13. The van der Waals surface area contributed by atoms with Crippen LogP contribution in [0.4, 0.5) is 0 Å². The second-order valence-electron chi connectivity index (χ2n) is 4.34. The molecule has 2 rings (SSSR count). The molecule has 1 unspecified atom stereocenters. The summed E-state index contributed by atoms with van der Waals surface area (Å²) in [5, 5.41) is 0. The highest BCUT2D eigenvalue weighted by Crippen LogP contribution is 2.23. The molecule has 4 nitrogen and oxygen atoms in total. The number of hydrogen-bond donors (Lipinski definition) is 0. The Balaban J connectivity index is 2.13.